The first-order chi connectivity index (χ1) is 7.07. The molecule has 2 rings (SSSR count). The van der Waals surface area contributed by atoms with Crippen LogP contribution in [0.3, 0.4) is 0 Å². The van der Waals surface area contributed by atoms with E-state index in [0.717, 1.165) is 12.1 Å². The van der Waals surface area contributed by atoms with Gasteiger partial charge < -0.3 is 4.90 Å². The molecule has 2 nitrogen and oxygen atoms in total. The van der Waals surface area contributed by atoms with Gasteiger partial charge in [-0.3, -0.25) is 4.79 Å². The minimum Gasteiger partial charge on any atom is -0.345 e. The van der Waals surface area contributed by atoms with E-state index in [0.29, 0.717) is 0 Å². The number of hydrogen-bond donors (Lipinski definition) is 0. The van der Waals surface area contributed by atoms with Crippen LogP contribution in [0.5, 0.6) is 0 Å². The van der Waals surface area contributed by atoms with Crippen LogP contribution in [-0.4, -0.2) is 24.4 Å². The number of nitrogens with zero attached hydrogens (tertiary/aromatic N) is 1. The molecule has 15 heavy (non-hydrogen) atoms. The van der Waals surface area contributed by atoms with Gasteiger partial charge in [-0.05, 0) is 39.0 Å². The molecule has 1 saturated carbocycles. The van der Waals surface area contributed by atoms with Crippen molar-refractivity contribution in [1.82, 2.24) is 4.90 Å². The molecule has 0 aromatic heterocycles. The Labute approximate surface area is 92.3 Å². The summed E-state index contributed by atoms with van der Waals surface area (Å²) in [5, 5.41) is 0. The molecule has 1 aliphatic carbocycles. The third-order valence-electron chi connectivity index (χ3n) is 3.20. The molecule has 0 aromatic carbocycles. The summed E-state index contributed by atoms with van der Waals surface area (Å²) in [6, 6.07) is 0. The molecule has 2 heteroatoms. The van der Waals surface area contributed by atoms with E-state index in [9.17, 15) is 4.79 Å². The lowest BCUT2D eigenvalue weighted by Gasteiger charge is -2.36. The minimum absolute atomic E-state index is 0.0938. The molecule has 79 valence electrons. The number of carbonyl (C=O) groups excluding carboxylic acids is 1. The molecular weight excluding hydrogens is 186 g/mol. The van der Waals surface area contributed by atoms with Gasteiger partial charge in [-0.1, -0.05) is 12.2 Å². The standard InChI is InChI=1S/C13H16NO/c1-10(2)11-12(15)14(3)9-13(11)7-5-4-6-8-13/h4-8,11H,1,9H2,2-3H3. The van der Waals surface area contributed by atoms with Crippen LogP contribution in [-0.2, 0) is 4.79 Å². The van der Waals surface area contributed by atoms with Crippen LogP contribution in [0.1, 0.15) is 6.92 Å². The van der Waals surface area contributed by atoms with Crippen LogP contribution >= 0.6 is 0 Å². The minimum atomic E-state index is -0.160. The molecule has 1 aliphatic heterocycles. The number of rotatable bonds is 1. The van der Waals surface area contributed by atoms with Crippen molar-refractivity contribution in [3.8, 4) is 0 Å². The van der Waals surface area contributed by atoms with Crippen LogP contribution in [0.15, 0.2) is 12.2 Å². The molecule has 1 unspecified atom stereocenters. The zero-order valence-corrected chi connectivity index (χ0v) is 9.23. The van der Waals surface area contributed by atoms with Gasteiger partial charge >= 0.3 is 0 Å². The van der Waals surface area contributed by atoms with Gasteiger partial charge in [0.1, 0.15) is 0 Å². The van der Waals surface area contributed by atoms with Gasteiger partial charge in [-0.2, -0.15) is 0 Å². The highest BCUT2D eigenvalue weighted by Crippen LogP contribution is 2.48. The van der Waals surface area contributed by atoms with Crippen LogP contribution < -0.4 is 0 Å². The topological polar surface area (TPSA) is 20.3 Å². The first kappa shape index (κ1) is 10.7. The van der Waals surface area contributed by atoms with Gasteiger partial charge in [0, 0.05) is 19.0 Å². The predicted octanol–water partition coefficient (Wildman–Crippen LogP) is 1.67. The highest BCUT2D eigenvalue weighted by atomic mass is 16.2. The summed E-state index contributed by atoms with van der Waals surface area (Å²) in [4.78, 5) is 13.8. The van der Waals surface area contributed by atoms with E-state index in [-0.39, 0.29) is 17.2 Å². The average Bonchev–Trinajstić information content (AvgIpc) is 2.40. The molecule has 2 aliphatic rings. The van der Waals surface area contributed by atoms with Crippen molar-refractivity contribution in [2.75, 3.05) is 13.6 Å². The summed E-state index contributed by atoms with van der Waals surface area (Å²) in [5.74, 6) is 0.0856. The molecule has 0 bridgehead atoms. The lowest BCUT2D eigenvalue weighted by Crippen LogP contribution is -2.35. The molecule has 1 amide bonds. The van der Waals surface area contributed by atoms with Crippen LogP contribution in [0.2, 0.25) is 0 Å². The third kappa shape index (κ3) is 1.60. The van der Waals surface area contributed by atoms with E-state index in [2.05, 4.69) is 19.4 Å². The molecule has 1 saturated heterocycles. The van der Waals surface area contributed by atoms with Crippen molar-refractivity contribution in [3.05, 3.63) is 44.3 Å². The summed E-state index contributed by atoms with van der Waals surface area (Å²) < 4.78 is 0. The number of hydrogen-bond acceptors (Lipinski definition) is 1. The number of carbonyl (C=O) groups is 1. The lowest BCUT2D eigenvalue weighted by molar-refractivity contribution is -0.129. The van der Waals surface area contributed by atoms with Gasteiger partial charge in [0.05, 0.1) is 5.92 Å². The van der Waals surface area contributed by atoms with Gasteiger partial charge in [0.25, 0.3) is 0 Å². The first-order valence-electron chi connectivity index (χ1n) is 5.17. The van der Waals surface area contributed by atoms with E-state index in [4.69, 9.17) is 0 Å². The largest absolute Gasteiger partial charge is 0.345 e. The normalized spacial score (nSPS) is 29.9. The Bertz CT molecular complexity index is 289. The summed E-state index contributed by atoms with van der Waals surface area (Å²) in [7, 11) is 1.85. The molecule has 0 N–H and O–H groups in total. The third-order valence-corrected chi connectivity index (χ3v) is 3.20. The molecule has 0 aromatic rings. The fourth-order valence-electron chi connectivity index (χ4n) is 2.59. The Morgan fingerprint density at radius 3 is 2.60 bits per heavy atom. The summed E-state index contributed by atoms with van der Waals surface area (Å²) in [6.07, 6.45) is 10.3. The monoisotopic (exact) mass is 202 g/mol. The average molecular weight is 202 g/mol. The second-order valence-electron chi connectivity index (χ2n) is 4.50. The zero-order valence-electron chi connectivity index (χ0n) is 9.23. The van der Waals surface area contributed by atoms with Crippen molar-refractivity contribution in [2.45, 2.75) is 6.92 Å². The van der Waals surface area contributed by atoms with E-state index >= 15 is 0 Å². The first-order valence-corrected chi connectivity index (χ1v) is 5.17. The fourth-order valence-corrected chi connectivity index (χ4v) is 2.59. The maximum atomic E-state index is 12.0. The van der Waals surface area contributed by atoms with Gasteiger partial charge in [0.2, 0.25) is 5.91 Å². The summed E-state index contributed by atoms with van der Waals surface area (Å²) >= 11 is 0. The van der Waals surface area contributed by atoms with Gasteiger partial charge in [0.15, 0.2) is 0 Å². The lowest BCUT2D eigenvalue weighted by atomic mass is 9.66. The number of amides is 1. The molecule has 2 fully saturated rings. The molecule has 1 heterocycles. The molecule has 1 atom stereocenters. The van der Waals surface area contributed by atoms with Crippen molar-refractivity contribution >= 4 is 5.91 Å². The second kappa shape index (κ2) is 3.66. The van der Waals surface area contributed by atoms with Crippen LogP contribution in [0.4, 0.5) is 0 Å². The van der Waals surface area contributed by atoms with E-state index in [1.165, 1.54) is 0 Å². The molecule has 5 radical (unpaired) electrons. The predicted molar refractivity (Wildman–Crippen MR) is 59.9 cm³/mol. The molecule has 1 spiro atoms. The van der Waals surface area contributed by atoms with Crippen molar-refractivity contribution in [2.24, 2.45) is 11.3 Å². The van der Waals surface area contributed by atoms with Gasteiger partial charge in [-0.15, -0.1) is 0 Å². The SMILES string of the molecule is C=C(C)C1C(=O)N(C)CC12[CH][CH][CH][CH][CH]2. The Morgan fingerprint density at radius 2 is 2.07 bits per heavy atom. The Balaban J connectivity index is 2.29. The van der Waals surface area contributed by atoms with Crippen LogP contribution in [0, 0.1) is 43.4 Å². The van der Waals surface area contributed by atoms with E-state index in [1.54, 1.807) is 4.90 Å². The maximum Gasteiger partial charge on any atom is 0.230 e. The van der Waals surface area contributed by atoms with E-state index < -0.39 is 0 Å². The second-order valence-corrected chi connectivity index (χ2v) is 4.50. The fraction of sp³-hybridized carbons (Fsp3) is 0.385. The quantitative estimate of drug-likeness (QED) is 0.592. The Morgan fingerprint density at radius 1 is 1.47 bits per heavy atom. The maximum absolute atomic E-state index is 12.0. The summed E-state index contributed by atoms with van der Waals surface area (Å²) in [5.41, 5.74) is 0.785. The Hall–Kier alpha value is -0.790. The van der Waals surface area contributed by atoms with E-state index in [1.807, 2.05) is 33.2 Å². The highest BCUT2D eigenvalue weighted by molar-refractivity contribution is 5.86. The summed E-state index contributed by atoms with van der Waals surface area (Å²) in [6.45, 7) is 6.63. The zero-order chi connectivity index (χ0) is 11.1. The van der Waals surface area contributed by atoms with Crippen molar-refractivity contribution in [1.29, 1.82) is 0 Å². The van der Waals surface area contributed by atoms with Gasteiger partial charge in [-0.25, -0.2) is 0 Å². The number of likely N-dealkylation sites (tertiary alicyclic amines) is 1. The van der Waals surface area contributed by atoms with Crippen LogP contribution in [0.25, 0.3) is 0 Å². The Kier molecular flexibility index (Phi) is 2.61. The van der Waals surface area contributed by atoms with Crippen molar-refractivity contribution < 1.29 is 4.79 Å². The smallest absolute Gasteiger partial charge is 0.230 e. The van der Waals surface area contributed by atoms with Crippen molar-refractivity contribution in [3.63, 3.8) is 0 Å². The highest BCUT2D eigenvalue weighted by Gasteiger charge is 2.51. The molecular formula is C13H16NO.